The van der Waals surface area contributed by atoms with Gasteiger partial charge in [0.1, 0.15) is 5.82 Å². The molecule has 0 bridgehead atoms. The minimum absolute atomic E-state index is 0.00287. The average molecular weight is 407 g/mol. The van der Waals surface area contributed by atoms with Crippen LogP contribution >= 0.6 is 0 Å². The fraction of sp³-hybridized carbons (Fsp3) is 0.263. The minimum atomic E-state index is -3.73. The van der Waals surface area contributed by atoms with Crippen molar-refractivity contribution in [3.8, 4) is 0 Å². The van der Waals surface area contributed by atoms with Gasteiger partial charge in [0, 0.05) is 25.7 Å². The Morgan fingerprint density at radius 2 is 1.68 bits per heavy atom. The Morgan fingerprint density at radius 3 is 2.25 bits per heavy atom. The lowest BCUT2D eigenvalue weighted by atomic mass is 10.1. The van der Waals surface area contributed by atoms with Crippen LogP contribution in [0, 0.1) is 5.82 Å². The molecule has 0 aliphatic rings. The Labute approximate surface area is 163 Å². The van der Waals surface area contributed by atoms with Crippen molar-refractivity contribution in [3.63, 3.8) is 0 Å². The number of hydrogen-bond acceptors (Lipinski definition) is 4. The summed E-state index contributed by atoms with van der Waals surface area (Å²) >= 11 is 0. The SMILES string of the molecule is CN(CCCC(=O)Nc1ccc(CC(N)=O)cc1)S(=O)(=O)c1ccc(F)cc1. The third-order valence-corrected chi connectivity index (χ3v) is 5.89. The van der Waals surface area contributed by atoms with Gasteiger partial charge >= 0.3 is 0 Å². The van der Waals surface area contributed by atoms with Crippen molar-refractivity contribution in [2.24, 2.45) is 5.73 Å². The standard InChI is InChI=1S/C19H22FN3O4S/c1-23(28(26,27)17-10-6-15(20)7-11-17)12-2-3-19(25)22-16-8-4-14(5-9-16)13-18(21)24/h4-11H,2-3,12-13H2,1H3,(H2,21,24)(H,22,25). The predicted molar refractivity (Wildman–Crippen MR) is 103 cm³/mol. The summed E-state index contributed by atoms with van der Waals surface area (Å²) in [4.78, 5) is 22.9. The van der Waals surface area contributed by atoms with Crippen LogP contribution in [0.25, 0.3) is 0 Å². The molecule has 2 aromatic carbocycles. The van der Waals surface area contributed by atoms with Gasteiger partial charge < -0.3 is 11.1 Å². The fourth-order valence-corrected chi connectivity index (χ4v) is 3.71. The molecule has 0 radical (unpaired) electrons. The van der Waals surface area contributed by atoms with E-state index in [2.05, 4.69) is 5.32 Å². The van der Waals surface area contributed by atoms with Crippen molar-refractivity contribution >= 4 is 27.5 Å². The van der Waals surface area contributed by atoms with E-state index in [1.165, 1.54) is 19.2 Å². The van der Waals surface area contributed by atoms with Gasteiger partial charge in [-0.15, -0.1) is 0 Å². The van der Waals surface area contributed by atoms with Gasteiger partial charge in [-0.3, -0.25) is 9.59 Å². The van der Waals surface area contributed by atoms with E-state index < -0.39 is 21.7 Å². The number of rotatable bonds is 9. The first-order chi connectivity index (χ1) is 13.2. The fourth-order valence-electron chi connectivity index (χ4n) is 2.50. The van der Waals surface area contributed by atoms with Crippen LogP contribution in [0.4, 0.5) is 10.1 Å². The number of halogens is 1. The number of nitrogens with one attached hydrogen (secondary N) is 1. The molecule has 0 spiro atoms. The number of hydrogen-bond donors (Lipinski definition) is 2. The average Bonchev–Trinajstić information content (AvgIpc) is 2.63. The van der Waals surface area contributed by atoms with Gasteiger partial charge in [-0.25, -0.2) is 17.1 Å². The van der Waals surface area contributed by atoms with E-state index in [1.54, 1.807) is 24.3 Å². The number of primary amides is 1. The third kappa shape index (κ3) is 6.14. The minimum Gasteiger partial charge on any atom is -0.369 e. The highest BCUT2D eigenvalue weighted by molar-refractivity contribution is 7.89. The molecule has 2 aromatic rings. The monoisotopic (exact) mass is 407 g/mol. The Morgan fingerprint density at radius 1 is 1.07 bits per heavy atom. The van der Waals surface area contributed by atoms with Crippen LogP contribution in [0.2, 0.25) is 0 Å². The van der Waals surface area contributed by atoms with Gasteiger partial charge in [0.05, 0.1) is 11.3 Å². The van der Waals surface area contributed by atoms with Gasteiger partial charge in [-0.1, -0.05) is 12.1 Å². The lowest BCUT2D eigenvalue weighted by Crippen LogP contribution is -2.28. The Bertz CT molecular complexity index is 929. The zero-order chi connectivity index (χ0) is 20.7. The molecule has 0 fully saturated rings. The van der Waals surface area contributed by atoms with E-state index >= 15 is 0 Å². The van der Waals surface area contributed by atoms with Crippen LogP contribution in [0.5, 0.6) is 0 Å². The normalized spacial score (nSPS) is 11.4. The predicted octanol–water partition coefficient (Wildman–Crippen LogP) is 1.89. The van der Waals surface area contributed by atoms with Crippen LogP contribution in [0.15, 0.2) is 53.4 Å². The Hall–Kier alpha value is -2.78. The van der Waals surface area contributed by atoms with Crippen LogP contribution in [-0.4, -0.2) is 38.1 Å². The second kappa shape index (κ2) is 9.43. The number of nitrogens with zero attached hydrogens (tertiary/aromatic N) is 1. The van der Waals surface area contributed by atoms with Crippen LogP contribution in [0.1, 0.15) is 18.4 Å². The van der Waals surface area contributed by atoms with Crippen molar-refractivity contribution in [1.82, 2.24) is 4.31 Å². The lowest BCUT2D eigenvalue weighted by molar-refractivity contribution is -0.117. The highest BCUT2D eigenvalue weighted by atomic mass is 32.2. The molecule has 0 aliphatic carbocycles. The Kier molecular flexibility index (Phi) is 7.24. The van der Waals surface area contributed by atoms with E-state index in [4.69, 9.17) is 5.73 Å². The molecule has 0 atom stereocenters. The van der Waals surface area contributed by atoms with Gasteiger partial charge in [-0.2, -0.15) is 0 Å². The molecule has 9 heteroatoms. The van der Waals surface area contributed by atoms with Crippen LogP contribution < -0.4 is 11.1 Å². The summed E-state index contributed by atoms with van der Waals surface area (Å²) < 4.78 is 38.9. The quantitative estimate of drug-likeness (QED) is 0.661. The summed E-state index contributed by atoms with van der Waals surface area (Å²) in [5.41, 5.74) is 6.45. The van der Waals surface area contributed by atoms with Crippen molar-refractivity contribution in [2.45, 2.75) is 24.2 Å². The molecular weight excluding hydrogens is 385 g/mol. The first kappa shape index (κ1) is 21.5. The molecule has 2 rings (SSSR count). The summed E-state index contributed by atoms with van der Waals surface area (Å²) in [6.07, 6.45) is 0.581. The molecule has 2 amide bonds. The number of benzene rings is 2. The van der Waals surface area contributed by atoms with E-state index in [0.717, 1.165) is 22.0 Å². The third-order valence-electron chi connectivity index (χ3n) is 4.01. The zero-order valence-electron chi connectivity index (χ0n) is 15.4. The molecule has 0 unspecified atom stereocenters. The van der Waals surface area contributed by atoms with Gasteiger partial charge in [0.2, 0.25) is 21.8 Å². The maximum absolute atomic E-state index is 13.0. The second-order valence-electron chi connectivity index (χ2n) is 6.27. The Balaban J connectivity index is 1.82. The molecule has 3 N–H and O–H groups in total. The number of nitrogens with two attached hydrogens (primary N) is 1. The van der Waals surface area contributed by atoms with Crippen molar-refractivity contribution < 1.29 is 22.4 Å². The summed E-state index contributed by atoms with van der Waals surface area (Å²) in [6.45, 7) is 0.144. The maximum Gasteiger partial charge on any atom is 0.242 e. The summed E-state index contributed by atoms with van der Waals surface area (Å²) in [5, 5.41) is 2.71. The van der Waals surface area contributed by atoms with E-state index in [0.29, 0.717) is 12.1 Å². The topological polar surface area (TPSA) is 110 Å². The van der Waals surface area contributed by atoms with E-state index in [1.807, 2.05) is 0 Å². The lowest BCUT2D eigenvalue weighted by Gasteiger charge is -2.17. The molecule has 0 aromatic heterocycles. The van der Waals surface area contributed by atoms with Crippen LogP contribution in [0.3, 0.4) is 0 Å². The summed E-state index contributed by atoms with van der Waals surface area (Å²) in [7, 11) is -2.32. The van der Waals surface area contributed by atoms with Crippen molar-refractivity contribution in [2.75, 3.05) is 18.9 Å². The maximum atomic E-state index is 13.0. The van der Waals surface area contributed by atoms with Gasteiger partial charge in [0.15, 0.2) is 0 Å². The number of carbonyl (C=O) groups excluding carboxylic acids is 2. The van der Waals surface area contributed by atoms with Gasteiger partial charge in [-0.05, 0) is 48.4 Å². The summed E-state index contributed by atoms with van der Waals surface area (Å²) in [5.74, 6) is -1.20. The molecule has 0 aliphatic heterocycles. The van der Waals surface area contributed by atoms with Crippen LogP contribution in [-0.2, 0) is 26.0 Å². The number of amides is 2. The smallest absolute Gasteiger partial charge is 0.242 e. The van der Waals surface area contributed by atoms with Crippen molar-refractivity contribution in [3.05, 3.63) is 59.9 Å². The summed E-state index contributed by atoms with van der Waals surface area (Å²) in [6, 6.07) is 11.3. The molecule has 28 heavy (non-hydrogen) atoms. The van der Waals surface area contributed by atoms with E-state index in [-0.39, 0.29) is 30.2 Å². The second-order valence-corrected chi connectivity index (χ2v) is 8.32. The first-order valence-corrected chi connectivity index (χ1v) is 10.0. The largest absolute Gasteiger partial charge is 0.369 e. The molecule has 0 saturated heterocycles. The number of sulfonamides is 1. The molecule has 0 saturated carbocycles. The van der Waals surface area contributed by atoms with Crippen molar-refractivity contribution in [1.29, 1.82) is 0 Å². The first-order valence-electron chi connectivity index (χ1n) is 8.57. The molecule has 150 valence electrons. The highest BCUT2D eigenvalue weighted by Crippen LogP contribution is 2.16. The molecule has 0 heterocycles. The van der Waals surface area contributed by atoms with E-state index in [9.17, 15) is 22.4 Å². The zero-order valence-corrected chi connectivity index (χ0v) is 16.2. The molecule has 7 nitrogen and oxygen atoms in total. The number of anilines is 1. The van der Waals surface area contributed by atoms with Gasteiger partial charge in [0.25, 0.3) is 0 Å². The molecular formula is C19H22FN3O4S. The number of carbonyl (C=O) groups is 2. The highest BCUT2D eigenvalue weighted by Gasteiger charge is 2.20.